The number of hydrogen-bond acceptors (Lipinski definition) is 9. The molecule has 2 aliphatic heterocycles. The van der Waals surface area contributed by atoms with E-state index in [-0.39, 0.29) is 12.3 Å². The number of aromatic nitrogens is 2. The van der Waals surface area contributed by atoms with Gasteiger partial charge in [0, 0.05) is 50.1 Å². The van der Waals surface area contributed by atoms with Crippen LogP contribution in [0.1, 0.15) is 31.7 Å². The Morgan fingerprint density at radius 2 is 2.00 bits per heavy atom. The van der Waals surface area contributed by atoms with Gasteiger partial charge in [0.15, 0.2) is 5.82 Å². The fourth-order valence-corrected chi connectivity index (χ4v) is 5.05. The zero-order valence-electron chi connectivity index (χ0n) is 19.0. The van der Waals surface area contributed by atoms with Crippen molar-refractivity contribution in [1.29, 1.82) is 0 Å². The second-order valence-corrected chi connectivity index (χ2v) is 8.98. The molecule has 10 heteroatoms. The molecule has 0 saturated carbocycles. The number of ether oxygens (including phenoxy) is 2. The number of esters is 1. The van der Waals surface area contributed by atoms with Crippen LogP contribution in [0, 0.1) is 0 Å². The Kier molecular flexibility index (Phi) is 7.79. The van der Waals surface area contributed by atoms with Crippen LogP contribution in [0.5, 0.6) is 0 Å². The molecule has 2 aromatic rings. The van der Waals surface area contributed by atoms with E-state index in [1.165, 1.54) is 5.56 Å². The number of hydrogen-bond donors (Lipinski definition) is 1. The van der Waals surface area contributed by atoms with Gasteiger partial charge in [0.05, 0.1) is 12.3 Å². The number of carbonyl (C=O) groups is 2. The molecule has 1 N–H and O–H groups in total. The maximum absolute atomic E-state index is 12.3. The van der Waals surface area contributed by atoms with Crippen molar-refractivity contribution in [2.75, 3.05) is 38.4 Å². The van der Waals surface area contributed by atoms with Crippen molar-refractivity contribution < 1.29 is 19.1 Å². The van der Waals surface area contributed by atoms with Gasteiger partial charge >= 0.3 is 5.97 Å². The fourth-order valence-electron chi connectivity index (χ4n) is 4.07. The third kappa shape index (κ3) is 5.63. The average molecular weight is 472 g/mol. The number of rotatable bonds is 8. The van der Waals surface area contributed by atoms with Gasteiger partial charge in [-0.05, 0) is 37.5 Å². The van der Waals surface area contributed by atoms with Gasteiger partial charge < -0.3 is 19.7 Å². The first-order valence-electron chi connectivity index (χ1n) is 11.1. The molecule has 1 aromatic heterocycles. The minimum absolute atomic E-state index is 0.152. The number of benzene rings is 1. The van der Waals surface area contributed by atoms with Gasteiger partial charge in [-0.25, -0.2) is 9.97 Å². The summed E-state index contributed by atoms with van der Waals surface area (Å²) in [6, 6.07) is 6.74. The van der Waals surface area contributed by atoms with Crippen molar-refractivity contribution in [3.05, 3.63) is 36.2 Å². The number of piperidine rings is 1. The molecule has 0 radical (unpaired) electrons. The van der Waals surface area contributed by atoms with Crippen LogP contribution in [-0.2, 0) is 25.6 Å². The highest BCUT2D eigenvalue weighted by Gasteiger charge is 2.27. The van der Waals surface area contributed by atoms with Crippen LogP contribution in [0.25, 0.3) is 0 Å². The molecule has 1 aromatic carbocycles. The summed E-state index contributed by atoms with van der Waals surface area (Å²) in [7, 11) is 1.67. The van der Waals surface area contributed by atoms with E-state index in [1.807, 2.05) is 4.90 Å². The summed E-state index contributed by atoms with van der Waals surface area (Å²) >= 11 is 1.62. The number of likely N-dealkylation sites (tertiary alicyclic amines) is 1. The number of anilines is 2. The van der Waals surface area contributed by atoms with Crippen LogP contribution in [0.2, 0.25) is 0 Å². The third-order valence-corrected chi connectivity index (χ3v) is 6.77. The summed E-state index contributed by atoms with van der Waals surface area (Å²) in [5, 5.41) is 4.49. The SMILES string of the molecule is CCOC(=O)CC(=O)N1CCC(NCc2ccc3c(c2)N(COC)c2nccnc2S3)CC1. The first-order chi connectivity index (χ1) is 16.1. The molecule has 1 amide bonds. The summed E-state index contributed by atoms with van der Waals surface area (Å²) in [6.45, 7) is 4.45. The van der Waals surface area contributed by atoms with Crippen LogP contribution in [0.4, 0.5) is 11.5 Å². The van der Waals surface area contributed by atoms with Gasteiger partial charge in [-0.2, -0.15) is 0 Å². The lowest BCUT2D eigenvalue weighted by Crippen LogP contribution is -2.45. The normalized spacial score (nSPS) is 15.7. The quantitative estimate of drug-likeness (QED) is 0.460. The molecule has 0 atom stereocenters. The summed E-state index contributed by atoms with van der Waals surface area (Å²) in [6.07, 6.45) is 4.94. The molecule has 4 rings (SSSR count). The molecule has 1 fully saturated rings. The van der Waals surface area contributed by atoms with Gasteiger partial charge in [0.25, 0.3) is 0 Å². The van der Waals surface area contributed by atoms with Crippen LogP contribution in [0.3, 0.4) is 0 Å². The Hall–Kier alpha value is -2.69. The Balaban J connectivity index is 1.33. The van der Waals surface area contributed by atoms with E-state index in [2.05, 4.69) is 33.5 Å². The number of nitrogens with zero attached hydrogens (tertiary/aromatic N) is 4. The minimum Gasteiger partial charge on any atom is -0.466 e. The number of fused-ring (bicyclic) bond motifs is 2. The molecule has 2 aliphatic rings. The van der Waals surface area contributed by atoms with Crippen LogP contribution in [0.15, 0.2) is 40.5 Å². The zero-order valence-corrected chi connectivity index (χ0v) is 19.8. The van der Waals surface area contributed by atoms with Crippen molar-refractivity contribution in [3.63, 3.8) is 0 Å². The lowest BCUT2D eigenvalue weighted by atomic mass is 10.0. The lowest BCUT2D eigenvalue weighted by molar-refractivity contribution is -0.149. The van der Waals surface area contributed by atoms with Crippen LogP contribution >= 0.6 is 11.8 Å². The molecular weight excluding hydrogens is 442 g/mol. The fraction of sp³-hybridized carbons (Fsp3) is 0.478. The highest BCUT2D eigenvalue weighted by molar-refractivity contribution is 7.99. The monoisotopic (exact) mass is 471 g/mol. The van der Waals surface area contributed by atoms with E-state index < -0.39 is 5.97 Å². The highest BCUT2D eigenvalue weighted by atomic mass is 32.2. The van der Waals surface area contributed by atoms with E-state index in [1.54, 1.807) is 43.1 Å². The summed E-state index contributed by atoms with van der Waals surface area (Å²) < 4.78 is 10.3. The summed E-state index contributed by atoms with van der Waals surface area (Å²) in [5.41, 5.74) is 2.23. The van der Waals surface area contributed by atoms with E-state index in [0.717, 1.165) is 40.8 Å². The number of methoxy groups -OCH3 is 1. The topological polar surface area (TPSA) is 96.9 Å². The molecular formula is C23H29N5O4S. The number of amides is 1. The molecule has 33 heavy (non-hydrogen) atoms. The molecule has 0 bridgehead atoms. The number of nitrogens with one attached hydrogen (secondary N) is 1. The molecule has 3 heterocycles. The van der Waals surface area contributed by atoms with Crippen molar-refractivity contribution in [3.8, 4) is 0 Å². The second-order valence-electron chi connectivity index (χ2n) is 7.95. The smallest absolute Gasteiger partial charge is 0.315 e. The van der Waals surface area contributed by atoms with Gasteiger partial charge in [-0.3, -0.25) is 14.5 Å². The van der Waals surface area contributed by atoms with E-state index in [9.17, 15) is 9.59 Å². The Bertz CT molecular complexity index is 997. The third-order valence-electron chi connectivity index (χ3n) is 5.72. The van der Waals surface area contributed by atoms with Gasteiger partial charge in [-0.15, -0.1) is 0 Å². The zero-order chi connectivity index (χ0) is 23.2. The van der Waals surface area contributed by atoms with E-state index >= 15 is 0 Å². The van der Waals surface area contributed by atoms with E-state index in [4.69, 9.17) is 9.47 Å². The van der Waals surface area contributed by atoms with Crippen molar-refractivity contribution in [1.82, 2.24) is 20.2 Å². The lowest BCUT2D eigenvalue weighted by Gasteiger charge is -2.33. The van der Waals surface area contributed by atoms with Gasteiger partial charge in [0.1, 0.15) is 18.2 Å². The van der Waals surface area contributed by atoms with Crippen molar-refractivity contribution >= 4 is 35.1 Å². The summed E-state index contributed by atoms with van der Waals surface area (Å²) in [4.78, 5) is 37.7. The molecule has 0 spiro atoms. The average Bonchev–Trinajstić information content (AvgIpc) is 2.83. The van der Waals surface area contributed by atoms with Gasteiger partial charge in [-0.1, -0.05) is 17.8 Å². The number of carbonyl (C=O) groups excluding carboxylic acids is 2. The molecule has 1 saturated heterocycles. The standard InChI is InChI=1S/C23H29N5O4S/c1-3-32-21(30)13-20(29)27-10-6-17(7-11-27)26-14-16-4-5-19-18(12-16)28(15-31-2)22-23(33-19)25-9-8-24-22/h4-5,8-9,12,17,26H,3,6-7,10-11,13-15H2,1-2H3. The molecule has 0 aliphatic carbocycles. The van der Waals surface area contributed by atoms with Crippen LogP contribution < -0.4 is 10.2 Å². The maximum atomic E-state index is 12.3. The minimum atomic E-state index is -0.454. The second kappa shape index (κ2) is 11.0. The van der Waals surface area contributed by atoms with Crippen molar-refractivity contribution in [2.24, 2.45) is 0 Å². The molecule has 0 unspecified atom stereocenters. The highest BCUT2D eigenvalue weighted by Crippen LogP contribution is 2.46. The van der Waals surface area contributed by atoms with Crippen LogP contribution in [-0.4, -0.2) is 66.3 Å². The Labute approximate surface area is 197 Å². The predicted molar refractivity (Wildman–Crippen MR) is 124 cm³/mol. The first kappa shape index (κ1) is 23.5. The maximum Gasteiger partial charge on any atom is 0.315 e. The van der Waals surface area contributed by atoms with Crippen molar-refractivity contribution in [2.45, 2.75) is 48.7 Å². The Morgan fingerprint density at radius 1 is 1.21 bits per heavy atom. The largest absolute Gasteiger partial charge is 0.466 e. The first-order valence-corrected chi connectivity index (χ1v) is 12.0. The predicted octanol–water partition coefficient (Wildman–Crippen LogP) is 2.72. The molecule has 9 nitrogen and oxygen atoms in total. The van der Waals surface area contributed by atoms with E-state index in [0.29, 0.717) is 32.5 Å². The Morgan fingerprint density at radius 3 is 2.76 bits per heavy atom. The summed E-state index contributed by atoms with van der Waals surface area (Å²) in [5.74, 6) is 0.201. The molecule has 176 valence electrons. The van der Waals surface area contributed by atoms with Gasteiger partial charge in [0.2, 0.25) is 5.91 Å².